The molecule has 0 saturated carbocycles. The Bertz CT molecular complexity index is 1190. The number of unbranched alkanes of at least 4 members (excludes halogenated alkanes) is 4. The maximum atomic E-state index is 13.4. The highest BCUT2D eigenvalue weighted by molar-refractivity contribution is 7.12. The average Bonchev–Trinajstić information content (AvgIpc) is 3.31. The largest absolute Gasteiger partial charge is 0.497 e. The van der Waals surface area contributed by atoms with Crippen molar-refractivity contribution in [3.63, 3.8) is 0 Å². The molecule has 2 aromatic rings. The van der Waals surface area contributed by atoms with Crippen molar-refractivity contribution in [1.29, 1.82) is 0 Å². The number of rotatable bonds is 13. The van der Waals surface area contributed by atoms with E-state index in [0.717, 1.165) is 37.0 Å². The molecule has 1 aromatic carbocycles. The van der Waals surface area contributed by atoms with Crippen molar-refractivity contribution in [2.75, 3.05) is 20.8 Å². The first-order valence-electron chi connectivity index (χ1n) is 14.4. The lowest BCUT2D eigenvalue weighted by Gasteiger charge is -2.36. The van der Waals surface area contributed by atoms with Gasteiger partial charge >= 0.3 is 11.9 Å². The molecule has 226 valence electrons. The molecule has 0 bridgehead atoms. The van der Waals surface area contributed by atoms with Crippen molar-refractivity contribution in [3.05, 3.63) is 40.1 Å². The molecule has 1 saturated heterocycles. The first-order chi connectivity index (χ1) is 19.4. The summed E-state index contributed by atoms with van der Waals surface area (Å²) in [4.78, 5) is 36.1. The first kappa shape index (κ1) is 32.4. The van der Waals surface area contributed by atoms with E-state index in [9.17, 15) is 9.59 Å². The molecular weight excluding hydrogens is 540 g/mol. The van der Waals surface area contributed by atoms with Crippen LogP contribution in [0.3, 0.4) is 0 Å². The van der Waals surface area contributed by atoms with Gasteiger partial charge in [0.05, 0.1) is 20.8 Å². The van der Waals surface area contributed by atoms with Gasteiger partial charge in [-0.05, 0) is 42.5 Å². The van der Waals surface area contributed by atoms with Crippen molar-refractivity contribution in [3.8, 4) is 11.5 Å². The SMILES string of the molecule is CCCCCCCN(Cc1ccc(CC(C)(C)C)s1)C(=Nc1ccc(OC)cc1OC)C1C(=O)OC(C)(C)OC1=O. The van der Waals surface area contributed by atoms with E-state index >= 15 is 0 Å². The minimum atomic E-state index is -1.34. The monoisotopic (exact) mass is 586 g/mol. The molecule has 0 unspecified atom stereocenters. The minimum absolute atomic E-state index is 0.168. The number of carbonyl (C=O) groups excluding carboxylic acids is 2. The quantitative estimate of drug-likeness (QED) is 0.0800. The van der Waals surface area contributed by atoms with E-state index < -0.39 is 23.6 Å². The lowest BCUT2D eigenvalue weighted by Crippen LogP contribution is -2.52. The Morgan fingerprint density at radius 3 is 2.24 bits per heavy atom. The molecule has 2 heterocycles. The molecule has 0 radical (unpaired) electrons. The molecule has 9 heteroatoms. The minimum Gasteiger partial charge on any atom is -0.497 e. The Hall–Kier alpha value is -3.07. The molecule has 1 aliphatic heterocycles. The van der Waals surface area contributed by atoms with Crippen LogP contribution in [0.15, 0.2) is 35.3 Å². The van der Waals surface area contributed by atoms with Crippen LogP contribution in [-0.2, 0) is 32.0 Å². The van der Waals surface area contributed by atoms with Gasteiger partial charge in [0.2, 0.25) is 5.92 Å². The second kappa shape index (κ2) is 14.2. The van der Waals surface area contributed by atoms with Gasteiger partial charge in [0.1, 0.15) is 23.0 Å². The van der Waals surface area contributed by atoms with Crippen molar-refractivity contribution < 1.29 is 28.5 Å². The molecule has 41 heavy (non-hydrogen) atoms. The lowest BCUT2D eigenvalue weighted by atomic mass is 9.92. The maximum Gasteiger partial charge on any atom is 0.331 e. The number of cyclic esters (lactones) is 2. The molecule has 0 atom stereocenters. The van der Waals surface area contributed by atoms with E-state index in [0.29, 0.717) is 36.1 Å². The number of esters is 2. The Labute approximate surface area is 249 Å². The number of methoxy groups -OCH3 is 2. The van der Waals surface area contributed by atoms with Crippen LogP contribution < -0.4 is 9.47 Å². The Morgan fingerprint density at radius 2 is 1.63 bits per heavy atom. The summed E-state index contributed by atoms with van der Waals surface area (Å²) < 4.78 is 22.0. The Kier molecular flexibility index (Phi) is 11.2. The van der Waals surface area contributed by atoms with E-state index in [4.69, 9.17) is 23.9 Å². The predicted octanol–water partition coefficient (Wildman–Crippen LogP) is 7.31. The van der Waals surface area contributed by atoms with Gasteiger partial charge in [-0.2, -0.15) is 0 Å². The van der Waals surface area contributed by atoms with Crippen LogP contribution in [0.1, 0.15) is 83.4 Å². The van der Waals surface area contributed by atoms with E-state index in [1.165, 1.54) is 11.3 Å². The van der Waals surface area contributed by atoms with Gasteiger partial charge in [0.15, 0.2) is 0 Å². The molecule has 1 aromatic heterocycles. The lowest BCUT2D eigenvalue weighted by molar-refractivity contribution is -0.236. The van der Waals surface area contributed by atoms with Crippen molar-refractivity contribution in [1.82, 2.24) is 4.90 Å². The van der Waals surface area contributed by atoms with Gasteiger partial charge in [-0.1, -0.05) is 53.4 Å². The van der Waals surface area contributed by atoms with E-state index in [1.54, 1.807) is 57.6 Å². The van der Waals surface area contributed by atoms with Crippen molar-refractivity contribution in [2.24, 2.45) is 16.3 Å². The smallest absolute Gasteiger partial charge is 0.331 e. The Morgan fingerprint density at radius 1 is 0.976 bits per heavy atom. The second-order valence-corrected chi connectivity index (χ2v) is 13.4. The molecule has 0 amide bonds. The van der Waals surface area contributed by atoms with Gasteiger partial charge in [-0.25, -0.2) is 4.99 Å². The van der Waals surface area contributed by atoms with Crippen LogP contribution in [-0.4, -0.2) is 49.2 Å². The molecule has 8 nitrogen and oxygen atoms in total. The fourth-order valence-electron chi connectivity index (χ4n) is 4.74. The topological polar surface area (TPSA) is 86.7 Å². The molecule has 3 rings (SSSR count). The average molecular weight is 587 g/mol. The van der Waals surface area contributed by atoms with Crippen LogP contribution in [0.4, 0.5) is 5.69 Å². The predicted molar refractivity (Wildman–Crippen MR) is 163 cm³/mol. The second-order valence-electron chi connectivity index (χ2n) is 12.1. The fourth-order valence-corrected chi connectivity index (χ4v) is 6.08. The summed E-state index contributed by atoms with van der Waals surface area (Å²) in [6.07, 6.45) is 6.34. The number of nitrogens with zero attached hydrogens (tertiary/aromatic N) is 2. The molecule has 1 fully saturated rings. The third kappa shape index (κ3) is 9.48. The summed E-state index contributed by atoms with van der Waals surface area (Å²) >= 11 is 1.75. The zero-order valence-corrected chi connectivity index (χ0v) is 26.7. The van der Waals surface area contributed by atoms with Crippen LogP contribution in [0.5, 0.6) is 11.5 Å². The molecular formula is C32H46N2O6S. The number of aliphatic imine (C=N–C) groups is 1. The van der Waals surface area contributed by atoms with Gasteiger partial charge in [0, 0.05) is 36.2 Å². The summed E-state index contributed by atoms with van der Waals surface area (Å²) in [6, 6.07) is 9.55. The van der Waals surface area contributed by atoms with Crippen LogP contribution in [0.2, 0.25) is 0 Å². The number of hydrogen-bond acceptors (Lipinski definition) is 8. The maximum absolute atomic E-state index is 13.4. The highest BCUT2D eigenvalue weighted by Crippen LogP contribution is 2.35. The van der Waals surface area contributed by atoms with E-state index in [1.807, 2.05) is 4.90 Å². The van der Waals surface area contributed by atoms with Crippen LogP contribution in [0, 0.1) is 11.3 Å². The third-order valence-corrected chi connectivity index (χ3v) is 7.74. The zero-order chi connectivity index (χ0) is 30.2. The number of carbonyl (C=O) groups is 2. The summed E-state index contributed by atoms with van der Waals surface area (Å²) in [6.45, 7) is 13.1. The first-order valence-corrected chi connectivity index (χ1v) is 15.3. The van der Waals surface area contributed by atoms with Crippen molar-refractivity contribution >= 4 is 34.8 Å². The highest BCUT2D eigenvalue weighted by atomic mass is 32.1. The van der Waals surface area contributed by atoms with Gasteiger partial charge < -0.3 is 23.8 Å². The third-order valence-electron chi connectivity index (χ3n) is 6.67. The molecule has 0 N–H and O–H groups in total. The standard InChI is InChI=1S/C32H46N2O6S/c1-9-10-11-12-13-18-34(21-24-16-15-23(41-24)20-31(2,3)4)28(27-29(35)39-32(5,6)40-30(27)36)33-25-17-14-22(37-7)19-26(25)38-8/h14-17,19,27H,9-13,18,20-21H2,1-8H3. The summed E-state index contributed by atoms with van der Waals surface area (Å²) in [5.41, 5.74) is 0.644. The normalized spacial score (nSPS) is 15.9. The number of hydrogen-bond donors (Lipinski definition) is 0. The number of ether oxygens (including phenoxy) is 4. The number of benzene rings is 1. The van der Waals surface area contributed by atoms with Crippen LogP contribution in [0.25, 0.3) is 0 Å². The summed E-state index contributed by atoms with van der Waals surface area (Å²) in [7, 11) is 3.13. The summed E-state index contributed by atoms with van der Waals surface area (Å²) in [5, 5.41) is 0. The number of amidine groups is 1. The van der Waals surface area contributed by atoms with E-state index in [-0.39, 0.29) is 5.41 Å². The van der Waals surface area contributed by atoms with Crippen molar-refractivity contribution in [2.45, 2.75) is 92.4 Å². The molecule has 1 aliphatic rings. The fraction of sp³-hybridized carbons (Fsp3) is 0.594. The van der Waals surface area contributed by atoms with E-state index in [2.05, 4.69) is 39.8 Å². The molecule has 0 spiro atoms. The number of thiophene rings is 1. The zero-order valence-electron chi connectivity index (χ0n) is 25.9. The van der Waals surface area contributed by atoms with Gasteiger partial charge in [-0.15, -0.1) is 11.3 Å². The van der Waals surface area contributed by atoms with Gasteiger partial charge in [0.25, 0.3) is 5.79 Å². The van der Waals surface area contributed by atoms with Crippen LogP contribution >= 0.6 is 11.3 Å². The molecule has 0 aliphatic carbocycles. The Balaban J connectivity index is 2.07. The summed E-state index contributed by atoms with van der Waals surface area (Å²) in [5.74, 6) is -2.64. The highest BCUT2D eigenvalue weighted by Gasteiger charge is 2.47. The van der Waals surface area contributed by atoms with Gasteiger partial charge in [-0.3, -0.25) is 9.59 Å².